The topological polar surface area (TPSA) is 30.5 Å². The van der Waals surface area contributed by atoms with Crippen LogP contribution >= 0.6 is 0 Å². The predicted octanol–water partition coefficient (Wildman–Crippen LogP) is 4.16. The number of benzene rings is 2. The fraction of sp³-hybridized carbons (Fsp3) is 0.250. The predicted molar refractivity (Wildman–Crippen MR) is 77.9 cm³/mol. The van der Waals surface area contributed by atoms with Gasteiger partial charge in [0.25, 0.3) is 0 Å². The molecule has 0 bridgehead atoms. The first-order valence-electron chi connectivity index (χ1n) is 6.49. The first kappa shape index (κ1) is 15.1. The third-order valence-electron chi connectivity index (χ3n) is 3.23. The highest BCUT2D eigenvalue weighted by molar-refractivity contribution is 5.51. The van der Waals surface area contributed by atoms with Crippen LogP contribution in [0.1, 0.15) is 18.5 Å². The van der Waals surface area contributed by atoms with Crippen molar-refractivity contribution >= 4 is 5.69 Å². The summed E-state index contributed by atoms with van der Waals surface area (Å²) in [7, 11) is 3.10. The molecule has 1 unspecified atom stereocenters. The van der Waals surface area contributed by atoms with Crippen LogP contribution < -0.4 is 14.8 Å². The summed E-state index contributed by atoms with van der Waals surface area (Å²) in [5, 5.41) is 2.84. The molecule has 0 aromatic heterocycles. The van der Waals surface area contributed by atoms with E-state index in [0.717, 1.165) is 5.56 Å². The molecule has 21 heavy (non-hydrogen) atoms. The average molecular weight is 293 g/mol. The summed E-state index contributed by atoms with van der Waals surface area (Å²) in [5.41, 5.74) is 0.629. The zero-order valence-corrected chi connectivity index (χ0v) is 12.1. The van der Waals surface area contributed by atoms with E-state index in [2.05, 4.69) is 5.32 Å². The van der Waals surface area contributed by atoms with Crippen LogP contribution in [0.4, 0.5) is 14.5 Å². The fourth-order valence-corrected chi connectivity index (χ4v) is 2.11. The summed E-state index contributed by atoms with van der Waals surface area (Å²) >= 11 is 0. The van der Waals surface area contributed by atoms with Crippen molar-refractivity contribution in [3.8, 4) is 11.5 Å². The average Bonchev–Trinajstić information content (AvgIpc) is 2.50. The highest BCUT2D eigenvalue weighted by Gasteiger charge is 2.16. The monoisotopic (exact) mass is 293 g/mol. The number of methoxy groups -OCH3 is 2. The number of anilines is 1. The molecular weight excluding hydrogens is 276 g/mol. The van der Waals surface area contributed by atoms with E-state index >= 15 is 0 Å². The van der Waals surface area contributed by atoms with Gasteiger partial charge < -0.3 is 14.8 Å². The van der Waals surface area contributed by atoms with Gasteiger partial charge in [-0.05, 0) is 31.2 Å². The molecule has 0 aliphatic carbocycles. The van der Waals surface area contributed by atoms with Crippen LogP contribution in [0.15, 0.2) is 36.4 Å². The van der Waals surface area contributed by atoms with Gasteiger partial charge in [0.15, 0.2) is 0 Å². The highest BCUT2D eigenvalue weighted by atomic mass is 19.1. The number of ether oxygens (including phenoxy) is 2. The van der Waals surface area contributed by atoms with Gasteiger partial charge in [0.1, 0.15) is 28.8 Å². The molecular formula is C16H17F2NO2. The molecule has 112 valence electrons. The van der Waals surface area contributed by atoms with E-state index < -0.39 is 11.6 Å². The van der Waals surface area contributed by atoms with Crippen molar-refractivity contribution in [2.45, 2.75) is 13.0 Å². The Labute approximate surface area is 122 Å². The zero-order chi connectivity index (χ0) is 15.4. The van der Waals surface area contributed by atoms with Crippen molar-refractivity contribution in [1.82, 2.24) is 0 Å². The lowest BCUT2D eigenvalue weighted by molar-refractivity contribution is 0.390. The number of para-hydroxylation sites is 1. The molecule has 2 rings (SSSR count). The van der Waals surface area contributed by atoms with E-state index in [0.29, 0.717) is 11.5 Å². The summed E-state index contributed by atoms with van der Waals surface area (Å²) in [6.07, 6.45) is 0. The maximum absolute atomic E-state index is 13.7. The molecule has 2 aromatic rings. The highest BCUT2D eigenvalue weighted by Crippen LogP contribution is 2.32. The van der Waals surface area contributed by atoms with E-state index in [1.807, 2.05) is 0 Å². The maximum atomic E-state index is 13.7. The van der Waals surface area contributed by atoms with Crippen LogP contribution in [-0.2, 0) is 0 Å². The van der Waals surface area contributed by atoms with Crippen LogP contribution in [0.25, 0.3) is 0 Å². The molecule has 0 amide bonds. The van der Waals surface area contributed by atoms with E-state index in [-0.39, 0.29) is 11.7 Å². The summed E-state index contributed by atoms with van der Waals surface area (Å²) in [6, 6.07) is 8.71. The van der Waals surface area contributed by atoms with Gasteiger partial charge in [-0.25, -0.2) is 8.78 Å². The van der Waals surface area contributed by atoms with Crippen LogP contribution in [-0.4, -0.2) is 14.2 Å². The lowest BCUT2D eigenvalue weighted by Crippen LogP contribution is -2.11. The number of nitrogens with one attached hydrogen (secondary N) is 1. The molecule has 0 radical (unpaired) electrons. The van der Waals surface area contributed by atoms with Gasteiger partial charge >= 0.3 is 0 Å². The van der Waals surface area contributed by atoms with Crippen molar-refractivity contribution in [3.63, 3.8) is 0 Å². The molecule has 0 spiro atoms. The molecule has 0 aliphatic heterocycles. The second-order valence-corrected chi connectivity index (χ2v) is 4.57. The fourth-order valence-electron chi connectivity index (χ4n) is 2.11. The molecule has 3 nitrogen and oxygen atoms in total. The summed E-state index contributed by atoms with van der Waals surface area (Å²) in [5.74, 6) is -0.0189. The Morgan fingerprint density at radius 1 is 1.00 bits per heavy atom. The van der Waals surface area contributed by atoms with Crippen molar-refractivity contribution in [2.75, 3.05) is 19.5 Å². The quantitative estimate of drug-likeness (QED) is 0.898. The first-order chi connectivity index (χ1) is 10.1. The molecule has 1 atom stereocenters. The molecule has 0 saturated heterocycles. The minimum Gasteiger partial charge on any atom is -0.497 e. The lowest BCUT2D eigenvalue weighted by Gasteiger charge is -2.19. The molecule has 0 saturated carbocycles. The van der Waals surface area contributed by atoms with Gasteiger partial charge in [-0.3, -0.25) is 0 Å². The van der Waals surface area contributed by atoms with Crippen LogP contribution in [0.3, 0.4) is 0 Å². The molecule has 2 aromatic carbocycles. The standard InChI is InChI=1S/C16H17F2NO2/c1-10(19-16-13(17)5-4-6-14(16)18)12-8-7-11(20-2)9-15(12)21-3/h4-10,19H,1-3H3. The van der Waals surface area contributed by atoms with E-state index in [1.165, 1.54) is 25.3 Å². The summed E-state index contributed by atoms with van der Waals surface area (Å²) < 4.78 is 37.8. The van der Waals surface area contributed by atoms with Gasteiger partial charge in [-0.1, -0.05) is 6.07 Å². The van der Waals surface area contributed by atoms with Crippen LogP contribution in [0, 0.1) is 11.6 Å². The number of hydrogen-bond donors (Lipinski definition) is 1. The van der Waals surface area contributed by atoms with Gasteiger partial charge in [-0.15, -0.1) is 0 Å². The van der Waals surface area contributed by atoms with Gasteiger partial charge in [-0.2, -0.15) is 0 Å². The molecule has 5 heteroatoms. The Bertz CT molecular complexity index is 611. The Morgan fingerprint density at radius 2 is 1.67 bits per heavy atom. The van der Waals surface area contributed by atoms with Crippen molar-refractivity contribution < 1.29 is 18.3 Å². The van der Waals surface area contributed by atoms with Crippen LogP contribution in [0.2, 0.25) is 0 Å². The zero-order valence-electron chi connectivity index (χ0n) is 12.1. The largest absolute Gasteiger partial charge is 0.497 e. The van der Waals surface area contributed by atoms with Gasteiger partial charge in [0.05, 0.1) is 20.3 Å². The third kappa shape index (κ3) is 3.24. The molecule has 0 fully saturated rings. The van der Waals surface area contributed by atoms with Gasteiger partial charge in [0, 0.05) is 11.6 Å². The van der Waals surface area contributed by atoms with Crippen LogP contribution in [0.5, 0.6) is 11.5 Å². The normalized spacial score (nSPS) is 11.9. The summed E-state index contributed by atoms with van der Waals surface area (Å²) in [6.45, 7) is 1.80. The minimum atomic E-state index is -0.630. The van der Waals surface area contributed by atoms with Crippen molar-refractivity contribution in [3.05, 3.63) is 53.6 Å². The van der Waals surface area contributed by atoms with Crippen molar-refractivity contribution in [2.24, 2.45) is 0 Å². The molecule has 0 aliphatic rings. The minimum absolute atomic E-state index is 0.150. The Morgan fingerprint density at radius 3 is 2.24 bits per heavy atom. The van der Waals surface area contributed by atoms with E-state index in [9.17, 15) is 8.78 Å². The number of rotatable bonds is 5. The SMILES string of the molecule is COc1ccc(C(C)Nc2c(F)cccc2F)c(OC)c1. The van der Waals surface area contributed by atoms with E-state index in [1.54, 1.807) is 32.2 Å². The van der Waals surface area contributed by atoms with E-state index in [4.69, 9.17) is 9.47 Å². The van der Waals surface area contributed by atoms with Crippen molar-refractivity contribution in [1.29, 1.82) is 0 Å². The Kier molecular flexibility index (Phi) is 4.62. The smallest absolute Gasteiger partial charge is 0.149 e. The molecule has 1 N–H and O–H groups in total. The number of halogens is 2. The molecule has 0 heterocycles. The summed E-state index contributed by atoms with van der Waals surface area (Å²) in [4.78, 5) is 0. The Balaban J connectivity index is 2.30. The second-order valence-electron chi connectivity index (χ2n) is 4.57. The van der Waals surface area contributed by atoms with Gasteiger partial charge in [0.2, 0.25) is 0 Å². The number of hydrogen-bond acceptors (Lipinski definition) is 3. The second kappa shape index (κ2) is 6.43. The Hall–Kier alpha value is -2.30. The third-order valence-corrected chi connectivity index (χ3v) is 3.23. The maximum Gasteiger partial charge on any atom is 0.149 e. The first-order valence-corrected chi connectivity index (χ1v) is 6.49. The lowest BCUT2D eigenvalue weighted by atomic mass is 10.1.